The number of nitrogens with zero attached hydrogens (tertiary/aromatic N) is 1. The van der Waals surface area contributed by atoms with Crippen molar-refractivity contribution in [2.24, 2.45) is 10.9 Å². The molecule has 5 heteroatoms. The smallest absolute Gasteiger partial charge is 0.180 e. The van der Waals surface area contributed by atoms with E-state index < -0.39 is 0 Å². The second-order valence-corrected chi connectivity index (χ2v) is 9.18. The Balaban J connectivity index is 1.34. The van der Waals surface area contributed by atoms with Gasteiger partial charge in [0.15, 0.2) is 11.5 Å². The first-order valence-corrected chi connectivity index (χ1v) is 12.4. The molecule has 0 saturated carbocycles. The van der Waals surface area contributed by atoms with Gasteiger partial charge in [-0.05, 0) is 66.3 Å². The highest BCUT2D eigenvalue weighted by Crippen LogP contribution is 2.49. The van der Waals surface area contributed by atoms with Gasteiger partial charge >= 0.3 is 0 Å². The maximum absolute atomic E-state index is 6.46. The third-order valence-electron chi connectivity index (χ3n) is 6.56. The van der Waals surface area contributed by atoms with Crippen molar-refractivity contribution in [1.82, 2.24) is 0 Å². The van der Waals surface area contributed by atoms with Gasteiger partial charge in [-0.3, -0.25) is 4.99 Å². The molecule has 1 aliphatic heterocycles. The third-order valence-corrected chi connectivity index (χ3v) is 6.84. The number of rotatable bonds is 8. The number of nitrogens with one attached hydrogen (secondary N) is 1. The molecule has 0 aromatic heterocycles. The minimum absolute atomic E-state index is 0.276. The Bertz CT molecular complexity index is 1270. The molecule has 5 rings (SSSR count). The standard InChI is InChI=1S/C30H29ClN2O2/c1-3-16-35-30-26(31)17-20(18-28(30)34-4-2)19-32-22-14-12-21(13-15-22)29-25-10-7-9-23(25)24-8-5-6-11-27(24)33-29/h3,5-9,11-15,17-19,23,25,29,33H,1,4,10,16H2,2H3/t23-,25-,29-/m0/s1. The van der Waals surface area contributed by atoms with Gasteiger partial charge in [0, 0.05) is 17.8 Å². The van der Waals surface area contributed by atoms with E-state index in [1.54, 1.807) is 12.3 Å². The minimum Gasteiger partial charge on any atom is -0.490 e. The van der Waals surface area contributed by atoms with Gasteiger partial charge in [-0.2, -0.15) is 0 Å². The van der Waals surface area contributed by atoms with Crippen molar-refractivity contribution in [2.75, 3.05) is 18.5 Å². The highest BCUT2D eigenvalue weighted by atomic mass is 35.5. The topological polar surface area (TPSA) is 42.8 Å². The molecule has 0 saturated heterocycles. The molecule has 0 unspecified atom stereocenters. The molecular formula is C30H29ClN2O2. The fraction of sp³-hybridized carbons (Fsp3) is 0.233. The largest absolute Gasteiger partial charge is 0.490 e. The van der Waals surface area contributed by atoms with Crippen LogP contribution in [0.15, 0.2) is 90.5 Å². The number of anilines is 1. The number of aliphatic imine (C=N–C) groups is 1. The summed E-state index contributed by atoms with van der Waals surface area (Å²) in [5.74, 6) is 2.12. The van der Waals surface area contributed by atoms with Crippen LogP contribution < -0.4 is 14.8 Å². The quantitative estimate of drug-likeness (QED) is 0.261. The average Bonchev–Trinajstić information content (AvgIpc) is 3.38. The minimum atomic E-state index is 0.276. The Labute approximate surface area is 212 Å². The lowest BCUT2D eigenvalue weighted by Crippen LogP contribution is -2.28. The lowest BCUT2D eigenvalue weighted by Gasteiger charge is -2.37. The monoisotopic (exact) mass is 484 g/mol. The normalized spacial score (nSPS) is 20.2. The summed E-state index contributed by atoms with van der Waals surface area (Å²) in [7, 11) is 0. The van der Waals surface area contributed by atoms with Crippen molar-refractivity contribution in [3.05, 3.63) is 107 Å². The zero-order valence-electron chi connectivity index (χ0n) is 19.8. The van der Waals surface area contributed by atoms with Crippen LogP contribution in [0.3, 0.4) is 0 Å². The molecule has 3 atom stereocenters. The summed E-state index contributed by atoms with van der Waals surface area (Å²) in [5, 5.41) is 4.27. The van der Waals surface area contributed by atoms with E-state index in [1.807, 2.05) is 19.1 Å². The van der Waals surface area contributed by atoms with Crippen molar-refractivity contribution in [2.45, 2.75) is 25.3 Å². The summed E-state index contributed by atoms with van der Waals surface area (Å²) >= 11 is 6.46. The molecule has 0 fully saturated rings. The van der Waals surface area contributed by atoms with Gasteiger partial charge in [0.05, 0.1) is 23.4 Å². The third kappa shape index (κ3) is 4.85. The van der Waals surface area contributed by atoms with Crippen LogP contribution in [-0.2, 0) is 0 Å². The van der Waals surface area contributed by atoms with E-state index in [1.165, 1.54) is 16.8 Å². The van der Waals surface area contributed by atoms with Crippen LogP contribution in [0.2, 0.25) is 5.02 Å². The molecule has 0 amide bonds. The second kappa shape index (κ2) is 10.4. The van der Waals surface area contributed by atoms with Crippen molar-refractivity contribution < 1.29 is 9.47 Å². The molecule has 2 aliphatic rings. The number of allylic oxidation sites excluding steroid dienone is 2. The van der Waals surface area contributed by atoms with E-state index in [0.717, 1.165) is 17.7 Å². The highest BCUT2D eigenvalue weighted by molar-refractivity contribution is 6.32. The second-order valence-electron chi connectivity index (χ2n) is 8.78. The molecule has 3 aromatic carbocycles. The van der Waals surface area contributed by atoms with Crippen molar-refractivity contribution in [1.29, 1.82) is 0 Å². The molecule has 0 spiro atoms. The van der Waals surface area contributed by atoms with E-state index in [2.05, 4.69) is 77.6 Å². The number of benzene rings is 3. The molecule has 178 valence electrons. The number of para-hydroxylation sites is 1. The predicted octanol–water partition coefficient (Wildman–Crippen LogP) is 7.88. The maximum Gasteiger partial charge on any atom is 0.180 e. The first-order valence-electron chi connectivity index (χ1n) is 12.0. The highest BCUT2D eigenvalue weighted by Gasteiger charge is 2.37. The molecule has 35 heavy (non-hydrogen) atoms. The zero-order valence-corrected chi connectivity index (χ0v) is 20.5. The number of hydrogen-bond donors (Lipinski definition) is 1. The van der Waals surface area contributed by atoms with Crippen molar-refractivity contribution in [3.63, 3.8) is 0 Å². The Morgan fingerprint density at radius 3 is 2.74 bits per heavy atom. The fourth-order valence-electron chi connectivity index (χ4n) is 5.00. The van der Waals surface area contributed by atoms with Gasteiger partial charge in [0.25, 0.3) is 0 Å². The van der Waals surface area contributed by atoms with Crippen LogP contribution >= 0.6 is 11.6 Å². The molecule has 1 N–H and O–H groups in total. The van der Waals surface area contributed by atoms with Gasteiger partial charge in [-0.15, -0.1) is 0 Å². The summed E-state index contributed by atoms with van der Waals surface area (Å²) in [6.45, 7) is 6.49. The Morgan fingerprint density at radius 1 is 1.11 bits per heavy atom. The van der Waals surface area contributed by atoms with Crippen LogP contribution in [0.4, 0.5) is 11.4 Å². The molecule has 0 radical (unpaired) electrons. The molecule has 0 bridgehead atoms. The van der Waals surface area contributed by atoms with E-state index in [-0.39, 0.29) is 6.04 Å². The van der Waals surface area contributed by atoms with E-state index >= 15 is 0 Å². The predicted molar refractivity (Wildman–Crippen MR) is 145 cm³/mol. The fourth-order valence-corrected chi connectivity index (χ4v) is 5.27. The summed E-state index contributed by atoms with van der Waals surface area (Å²) in [5.41, 5.74) is 5.64. The molecule has 3 aromatic rings. The summed E-state index contributed by atoms with van der Waals surface area (Å²) in [6.07, 6.45) is 9.25. The van der Waals surface area contributed by atoms with E-state index in [4.69, 9.17) is 21.1 Å². The summed E-state index contributed by atoms with van der Waals surface area (Å²) < 4.78 is 11.4. The lowest BCUT2D eigenvalue weighted by atomic mass is 9.77. The van der Waals surface area contributed by atoms with Crippen molar-refractivity contribution >= 4 is 29.2 Å². The van der Waals surface area contributed by atoms with Gasteiger partial charge in [-0.25, -0.2) is 0 Å². The van der Waals surface area contributed by atoms with Crippen LogP contribution in [-0.4, -0.2) is 19.4 Å². The first kappa shape index (κ1) is 23.3. The molecule has 4 nitrogen and oxygen atoms in total. The Morgan fingerprint density at radius 2 is 1.94 bits per heavy atom. The van der Waals surface area contributed by atoms with Gasteiger partial charge in [0.1, 0.15) is 6.61 Å². The van der Waals surface area contributed by atoms with E-state index in [0.29, 0.717) is 41.6 Å². The van der Waals surface area contributed by atoms with Crippen LogP contribution in [0, 0.1) is 5.92 Å². The Kier molecular flexibility index (Phi) is 6.91. The van der Waals surface area contributed by atoms with Gasteiger partial charge in [-0.1, -0.05) is 66.7 Å². The van der Waals surface area contributed by atoms with Gasteiger partial charge in [0.2, 0.25) is 0 Å². The van der Waals surface area contributed by atoms with Gasteiger partial charge < -0.3 is 14.8 Å². The SMILES string of the molecule is C=CCOc1c(Cl)cc(C=Nc2ccc([C@@H]3Nc4ccccc4[C@@H]4C=CC[C@@H]43)cc2)cc1OCC. The average molecular weight is 485 g/mol. The lowest BCUT2D eigenvalue weighted by molar-refractivity contribution is 0.297. The van der Waals surface area contributed by atoms with Crippen molar-refractivity contribution in [3.8, 4) is 11.5 Å². The van der Waals surface area contributed by atoms with Crippen LogP contribution in [0.5, 0.6) is 11.5 Å². The zero-order chi connectivity index (χ0) is 24.2. The Hall–Kier alpha value is -3.50. The van der Waals surface area contributed by atoms with Crippen LogP contribution in [0.1, 0.15) is 42.0 Å². The number of hydrogen-bond acceptors (Lipinski definition) is 4. The molecule has 1 aliphatic carbocycles. The maximum atomic E-state index is 6.46. The van der Waals surface area contributed by atoms with Crippen LogP contribution in [0.25, 0.3) is 0 Å². The number of halogens is 1. The molecule has 1 heterocycles. The van der Waals surface area contributed by atoms with E-state index in [9.17, 15) is 0 Å². The summed E-state index contributed by atoms with van der Waals surface area (Å²) in [6, 6.07) is 21.1. The summed E-state index contributed by atoms with van der Waals surface area (Å²) in [4.78, 5) is 4.67. The number of fused-ring (bicyclic) bond motifs is 3. The molecular weight excluding hydrogens is 456 g/mol. The number of ether oxygens (including phenoxy) is 2. The first-order chi connectivity index (χ1) is 17.2.